The van der Waals surface area contributed by atoms with Crippen LogP contribution in [-0.2, 0) is 14.7 Å². The van der Waals surface area contributed by atoms with Crippen LogP contribution in [0.25, 0.3) is 11.3 Å². The Balaban J connectivity index is 1.67. The van der Waals surface area contributed by atoms with E-state index in [9.17, 15) is 0 Å². The van der Waals surface area contributed by atoms with Gasteiger partial charge in [-0.25, -0.2) is 0 Å². The summed E-state index contributed by atoms with van der Waals surface area (Å²) in [5.74, 6) is 1.19. The van der Waals surface area contributed by atoms with Gasteiger partial charge in [0.05, 0.1) is 16.9 Å². The number of hydrogen-bond acceptors (Lipinski definition) is 3. The lowest BCUT2D eigenvalue weighted by molar-refractivity contribution is 0.00578. The molecule has 3 nitrogen and oxygen atoms in total. The van der Waals surface area contributed by atoms with E-state index in [4.69, 9.17) is 14.3 Å². The van der Waals surface area contributed by atoms with Crippen molar-refractivity contribution in [1.29, 1.82) is 0 Å². The highest BCUT2D eigenvalue weighted by atomic mass is 16.7. The minimum absolute atomic E-state index is 0.219. The Bertz CT molecular complexity index is 947. The Morgan fingerprint density at radius 1 is 0.931 bits per heavy atom. The smallest absolute Gasteiger partial charge is 0.399 e. The van der Waals surface area contributed by atoms with E-state index in [1.807, 2.05) is 6.20 Å². The van der Waals surface area contributed by atoms with E-state index < -0.39 is 0 Å². The first kappa shape index (κ1) is 20.6. The summed E-state index contributed by atoms with van der Waals surface area (Å²) in [5.41, 5.74) is 6.83. The van der Waals surface area contributed by atoms with Gasteiger partial charge in [0, 0.05) is 17.2 Å². The maximum atomic E-state index is 6.22. The molecule has 1 saturated heterocycles. The SMILES string of the molecule is Cc1cc(-c2ccc3c(c2)C(C)C(C)C3(C)C)ncc1B1OC(C)(C)C(C)(C)O1. The highest BCUT2D eigenvalue weighted by Crippen LogP contribution is 2.50. The molecule has 0 spiro atoms. The van der Waals surface area contributed by atoms with Gasteiger partial charge in [-0.1, -0.05) is 39.8 Å². The number of aryl methyl sites for hydroxylation is 1. The zero-order chi connectivity index (χ0) is 21.4. The number of fused-ring (bicyclic) bond motifs is 1. The molecule has 1 aliphatic heterocycles. The van der Waals surface area contributed by atoms with Crippen molar-refractivity contribution in [3.8, 4) is 11.3 Å². The van der Waals surface area contributed by atoms with Crippen LogP contribution in [0.2, 0.25) is 0 Å². The number of aromatic nitrogens is 1. The van der Waals surface area contributed by atoms with Crippen LogP contribution in [-0.4, -0.2) is 23.3 Å². The third kappa shape index (κ3) is 3.07. The molecule has 1 aliphatic carbocycles. The van der Waals surface area contributed by atoms with E-state index in [-0.39, 0.29) is 23.7 Å². The molecule has 4 heteroatoms. The standard InChI is InChI=1S/C25H34BNO2/c1-15-12-22(27-14-21(15)26-28-24(6,7)25(8,9)29-26)18-10-11-20-19(13-18)16(2)17(3)23(20,4)5/h10-14,16-17H,1-9H3. The number of pyridine rings is 1. The van der Waals surface area contributed by atoms with Crippen LogP contribution in [0, 0.1) is 12.8 Å². The van der Waals surface area contributed by atoms with Crippen molar-refractivity contribution in [2.75, 3.05) is 0 Å². The Hall–Kier alpha value is -1.65. The zero-order valence-electron chi connectivity index (χ0n) is 19.4. The molecule has 0 radical (unpaired) electrons. The lowest BCUT2D eigenvalue weighted by Gasteiger charge is -2.32. The van der Waals surface area contributed by atoms with Crippen molar-refractivity contribution < 1.29 is 9.31 Å². The van der Waals surface area contributed by atoms with Gasteiger partial charge in [0.2, 0.25) is 0 Å². The number of hydrogen-bond donors (Lipinski definition) is 0. The molecule has 2 atom stereocenters. The molecule has 0 amide bonds. The van der Waals surface area contributed by atoms with E-state index in [0.29, 0.717) is 11.8 Å². The molecule has 4 rings (SSSR count). The van der Waals surface area contributed by atoms with Crippen molar-refractivity contribution in [1.82, 2.24) is 4.98 Å². The van der Waals surface area contributed by atoms with E-state index in [2.05, 4.69) is 86.6 Å². The van der Waals surface area contributed by atoms with Crippen molar-refractivity contribution >= 4 is 12.6 Å². The molecular formula is C25H34BNO2. The van der Waals surface area contributed by atoms with Crippen LogP contribution < -0.4 is 5.46 Å². The van der Waals surface area contributed by atoms with Crippen molar-refractivity contribution in [2.24, 2.45) is 5.92 Å². The molecule has 0 bridgehead atoms. The molecule has 154 valence electrons. The third-order valence-electron chi connectivity index (χ3n) is 8.08. The van der Waals surface area contributed by atoms with Crippen LogP contribution in [0.15, 0.2) is 30.5 Å². The van der Waals surface area contributed by atoms with Crippen LogP contribution in [0.1, 0.15) is 78.0 Å². The third-order valence-corrected chi connectivity index (χ3v) is 8.08. The lowest BCUT2D eigenvalue weighted by atomic mass is 9.77. The summed E-state index contributed by atoms with van der Waals surface area (Å²) in [4.78, 5) is 4.80. The first-order valence-corrected chi connectivity index (χ1v) is 10.8. The van der Waals surface area contributed by atoms with Gasteiger partial charge < -0.3 is 9.31 Å². The van der Waals surface area contributed by atoms with Gasteiger partial charge in [0.25, 0.3) is 0 Å². The van der Waals surface area contributed by atoms with Gasteiger partial charge in [0.15, 0.2) is 0 Å². The minimum atomic E-state index is -0.372. The molecule has 1 aromatic carbocycles. The number of benzene rings is 1. The molecule has 2 unspecified atom stereocenters. The van der Waals surface area contributed by atoms with E-state index in [1.165, 1.54) is 16.7 Å². The Labute approximate surface area is 176 Å². The predicted molar refractivity (Wildman–Crippen MR) is 121 cm³/mol. The van der Waals surface area contributed by atoms with E-state index in [0.717, 1.165) is 16.7 Å². The van der Waals surface area contributed by atoms with Gasteiger partial charge in [0.1, 0.15) is 0 Å². The Kier molecular flexibility index (Phi) is 4.57. The number of nitrogens with zero attached hydrogens (tertiary/aromatic N) is 1. The van der Waals surface area contributed by atoms with Crippen LogP contribution in [0.5, 0.6) is 0 Å². The second-order valence-corrected chi connectivity index (χ2v) is 10.6. The lowest BCUT2D eigenvalue weighted by Crippen LogP contribution is -2.41. The summed E-state index contributed by atoms with van der Waals surface area (Å²) in [6.45, 7) is 19.9. The van der Waals surface area contributed by atoms with Gasteiger partial charge >= 0.3 is 7.12 Å². The molecule has 2 heterocycles. The summed E-state index contributed by atoms with van der Waals surface area (Å²) >= 11 is 0. The van der Waals surface area contributed by atoms with Crippen molar-refractivity contribution in [2.45, 2.75) is 84.8 Å². The topological polar surface area (TPSA) is 31.4 Å². The van der Waals surface area contributed by atoms with Gasteiger partial charge in [-0.3, -0.25) is 4.98 Å². The second-order valence-electron chi connectivity index (χ2n) is 10.6. The van der Waals surface area contributed by atoms with Crippen LogP contribution in [0.3, 0.4) is 0 Å². The zero-order valence-corrected chi connectivity index (χ0v) is 19.4. The fourth-order valence-electron chi connectivity index (χ4n) is 4.77. The molecule has 1 fully saturated rings. The van der Waals surface area contributed by atoms with Gasteiger partial charge in [-0.2, -0.15) is 0 Å². The molecule has 1 aromatic heterocycles. The largest absolute Gasteiger partial charge is 0.496 e. The Morgan fingerprint density at radius 2 is 1.55 bits per heavy atom. The maximum absolute atomic E-state index is 6.22. The molecule has 2 aliphatic rings. The predicted octanol–water partition coefficient (Wildman–Crippen LogP) is 5.39. The highest BCUT2D eigenvalue weighted by molar-refractivity contribution is 6.62. The van der Waals surface area contributed by atoms with Crippen molar-refractivity contribution in [3.05, 3.63) is 47.2 Å². The molecular weight excluding hydrogens is 357 g/mol. The van der Waals surface area contributed by atoms with Crippen LogP contribution >= 0.6 is 0 Å². The number of rotatable bonds is 2. The van der Waals surface area contributed by atoms with Crippen molar-refractivity contribution in [3.63, 3.8) is 0 Å². The summed E-state index contributed by atoms with van der Waals surface area (Å²) in [6.07, 6.45) is 1.93. The average Bonchev–Trinajstić information content (AvgIpc) is 2.95. The van der Waals surface area contributed by atoms with Gasteiger partial charge in [-0.05, 0) is 80.7 Å². The maximum Gasteiger partial charge on any atom is 0.496 e. The Morgan fingerprint density at radius 3 is 2.14 bits per heavy atom. The molecule has 0 N–H and O–H groups in total. The minimum Gasteiger partial charge on any atom is -0.399 e. The summed E-state index contributed by atoms with van der Waals surface area (Å²) in [6, 6.07) is 9.04. The molecule has 2 aromatic rings. The molecule has 0 saturated carbocycles. The summed E-state index contributed by atoms with van der Waals surface area (Å²) in [7, 11) is -0.372. The molecule has 29 heavy (non-hydrogen) atoms. The quantitative estimate of drug-likeness (QED) is 0.644. The van der Waals surface area contributed by atoms with E-state index in [1.54, 1.807) is 0 Å². The normalized spacial score (nSPS) is 26.6. The van der Waals surface area contributed by atoms with E-state index >= 15 is 0 Å². The fourth-order valence-corrected chi connectivity index (χ4v) is 4.77. The van der Waals surface area contributed by atoms with Gasteiger partial charge in [-0.15, -0.1) is 0 Å². The average molecular weight is 391 g/mol. The summed E-state index contributed by atoms with van der Waals surface area (Å²) < 4.78 is 12.4. The second kappa shape index (κ2) is 6.42. The summed E-state index contributed by atoms with van der Waals surface area (Å²) in [5, 5.41) is 0. The van der Waals surface area contributed by atoms with Crippen LogP contribution in [0.4, 0.5) is 0 Å². The highest BCUT2D eigenvalue weighted by Gasteiger charge is 2.52. The first-order valence-electron chi connectivity index (χ1n) is 10.8. The monoisotopic (exact) mass is 391 g/mol. The fraction of sp³-hybridized carbons (Fsp3) is 0.560. The first-order chi connectivity index (χ1) is 13.3.